The number of carbonyl (C=O) groups excluding carboxylic acids is 1. The highest BCUT2D eigenvalue weighted by Crippen LogP contribution is 2.26. The van der Waals surface area contributed by atoms with Crippen molar-refractivity contribution >= 4 is 39.8 Å². The van der Waals surface area contributed by atoms with Crippen molar-refractivity contribution in [1.82, 2.24) is 4.90 Å². The van der Waals surface area contributed by atoms with E-state index < -0.39 is 0 Å². The summed E-state index contributed by atoms with van der Waals surface area (Å²) in [6.45, 7) is 0.922. The standard InChI is InChI=1S/C12H16INOS/c1-14(7-9-4-2-3-5-9)12(15)10-6-11(13)16-8-10/h6,8-9H,2-5,7H2,1H3. The predicted molar refractivity (Wildman–Crippen MR) is 76.0 cm³/mol. The van der Waals surface area contributed by atoms with Crippen LogP contribution >= 0.6 is 33.9 Å². The first kappa shape index (κ1) is 12.4. The largest absolute Gasteiger partial charge is 0.341 e. The Morgan fingerprint density at radius 3 is 2.81 bits per heavy atom. The van der Waals surface area contributed by atoms with E-state index in [1.54, 1.807) is 11.3 Å². The highest BCUT2D eigenvalue weighted by molar-refractivity contribution is 14.1. The van der Waals surface area contributed by atoms with Gasteiger partial charge in [-0.25, -0.2) is 0 Å². The van der Waals surface area contributed by atoms with Crippen molar-refractivity contribution in [2.45, 2.75) is 25.7 Å². The van der Waals surface area contributed by atoms with Gasteiger partial charge in [-0.1, -0.05) is 12.8 Å². The molecule has 0 unspecified atom stereocenters. The van der Waals surface area contributed by atoms with Gasteiger partial charge in [0.1, 0.15) is 0 Å². The SMILES string of the molecule is CN(CC1CCCC1)C(=O)c1csc(I)c1. The third-order valence-electron chi connectivity index (χ3n) is 3.17. The molecule has 0 spiro atoms. The first-order valence-corrected chi connectivity index (χ1v) is 7.62. The average Bonchev–Trinajstić information content (AvgIpc) is 2.88. The van der Waals surface area contributed by atoms with Crippen LogP contribution in [0.2, 0.25) is 0 Å². The van der Waals surface area contributed by atoms with Crippen LogP contribution < -0.4 is 0 Å². The van der Waals surface area contributed by atoms with Gasteiger partial charge in [-0.15, -0.1) is 11.3 Å². The molecule has 1 aromatic heterocycles. The molecular formula is C12H16INOS. The van der Waals surface area contributed by atoms with Gasteiger partial charge in [-0.05, 0) is 47.4 Å². The molecule has 0 bridgehead atoms. The number of thiophene rings is 1. The fourth-order valence-corrected chi connectivity index (χ4v) is 3.63. The van der Waals surface area contributed by atoms with Crippen molar-refractivity contribution in [2.24, 2.45) is 5.92 Å². The Bertz CT molecular complexity index is 371. The van der Waals surface area contributed by atoms with Crippen molar-refractivity contribution in [3.05, 3.63) is 19.9 Å². The average molecular weight is 349 g/mol. The number of hydrogen-bond acceptors (Lipinski definition) is 2. The number of amides is 1. The lowest BCUT2D eigenvalue weighted by molar-refractivity contribution is 0.0774. The summed E-state index contributed by atoms with van der Waals surface area (Å²) in [7, 11) is 1.92. The first-order valence-electron chi connectivity index (χ1n) is 5.66. The van der Waals surface area contributed by atoms with Gasteiger partial charge < -0.3 is 4.90 Å². The fraction of sp³-hybridized carbons (Fsp3) is 0.583. The molecule has 1 aliphatic carbocycles. The second-order valence-electron chi connectivity index (χ2n) is 4.48. The Hall–Kier alpha value is -0.100. The molecule has 0 N–H and O–H groups in total. The predicted octanol–water partition coefficient (Wildman–Crippen LogP) is 3.61. The maximum atomic E-state index is 12.1. The third kappa shape index (κ3) is 2.97. The number of carbonyl (C=O) groups is 1. The van der Waals surface area contributed by atoms with Crippen LogP contribution in [0, 0.1) is 8.80 Å². The van der Waals surface area contributed by atoms with Crippen molar-refractivity contribution < 1.29 is 4.79 Å². The van der Waals surface area contributed by atoms with E-state index in [1.807, 2.05) is 23.4 Å². The highest BCUT2D eigenvalue weighted by atomic mass is 127. The van der Waals surface area contributed by atoms with Crippen LogP contribution in [0.3, 0.4) is 0 Å². The van der Waals surface area contributed by atoms with E-state index in [0.717, 1.165) is 18.0 Å². The van der Waals surface area contributed by atoms with Crippen LogP contribution in [0.4, 0.5) is 0 Å². The zero-order chi connectivity index (χ0) is 11.5. The van der Waals surface area contributed by atoms with E-state index >= 15 is 0 Å². The fourth-order valence-electron chi connectivity index (χ4n) is 2.31. The molecule has 1 aliphatic rings. The maximum absolute atomic E-state index is 12.1. The third-order valence-corrected chi connectivity index (χ3v) is 4.96. The zero-order valence-corrected chi connectivity index (χ0v) is 12.4. The van der Waals surface area contributed by atoms with Gasteiger partial charge in [0.25, 0.3) is 5.91 Å². The van der Waals surface area contributed by atoms with Gasteiger partial charge in [0.2, 0.25) is 0 Å². The summed E-state index contributed by atoms with van der Waals surface area (Å²) in [5, 5.41) is 1.95. The molecule has 1 aromatic rings. The zero-order valence-electron chi connectivity index (χ0n) is 9.41. The highest BCUT2D eigenvalue weighted by Gasteiger charge is 2.20. The summed E-state index contributed by atoms with van der Waals surface area (Å²) in [4.78, 5) is 14.0. The Balaban J connectivity index is 1.93. The monoisotopic (exact) mass is 349 g/mol. The van der Waals surface area contributed by atoms with Crippen molar-refractivity contribution in [3.8, 4) is 0 Å². The second kappa shape index (κ2) is 5.49. The minimum absolute atomic E-state index is 0.172. The Morgan fingerprint density at radius 2 is 2.25 bits per heavy atom. The maximum Gasteiger partial charge on any atom is 0.254 e. The smallest absolute Gasteiger partial charge is 0.254 e. The number of hydrogen-bond donors (Lipinski definition) is 0. The lowest BCUT2D eigenvalue weighted by Gasteiger charge is -2.20. The summed E-state index contributed by atoms with van der Waals surface area (Å²) in [5.41, 5.74) is 0.842. The summed E-state index contributed by atoms with van der Waals surface area (Å²) in [6.07, 6.45) is 5.25. The van der Waals surface area contributed by atoms with E-state index in [2.05, 4.69) is 22.6 Å². The minimum Gasteiger partial charge on any atom is -0.341 e. The van der Waals surface area contributed by atoms with Crippen LogP contribution in [0.5, 0.6) is 0 Å². The Kier molecular flexibility index (Phi) is 4.24. The molecule has 2 rings (SSSR count). The van der Waals surface area contributed by atoms with Gasteiger partial charge in [0.15, 0.2) is 0 Å². The van der Waals surface area contributed by atoms with Crippen LogP contribution in [0.15, 0.2) is 11.4 Å². The molecule has 4 heteroatoms. The Labute approximate surface area is 114 Å². The van der Waals surface area contributed by atoms with Crippen molar-refractivity contribution in [1.29, 1.82) is 0 Å². The van der Waals surface area contributed by atoms with E-state index in [0.29, 0.717) is 0 Å². The van der Waals surface area contributed by atoms with Gasteiger partial charge in [-0.3, -0.25) is 4.79 Å². The molecule has 16 heavy (non-hydrogen) atoms. The van der Waals surface area contributed by atoms with Crippen LogP contribution in [-0.4, -0.2) is 24.4 Å². The normalized spacial score (nSPS) is 16.6. The summed E-state index contributed by atoms with van der Waals surface area (Å²) in [6, 6.07) is 1.97. The van der Waals surface area contributed by atoms with Gasteiger partial charge in [0, 0.05) is 19.0 Å². The first-order chi connectivity index (χ1) is 7.66. The van der Waals surface area contributed by atoms with Crippen LogP contribution in [0.25, 0.3) is 0 Å². The molecule has 0 radical (unpaired) electrons. The van der Waals surface area contributed by atoms with Crippen LogP contribution in [-0.2, 0) is 0 Å². The molecule has 0 aromatic carbocycles. The van der Waals surface area contributed by atoms with Gasteiger partial charge >= 0.3 is 0 Å². The number of halogens is 1. The van der Waals surface area contributed by atoms with Crippen molar-refractivity contribution in [2.75, 3.05) is 13.6 Å². The molecule has 88 valence electrons. The molecule has 1 amide bonds. The molecule has 1 fully saturated rings. The molecule has 0 saturated heterocycles. The Morgan fingerprint density at radius 1 is 1.56 bits per heavy atom. The molecule has 0 aliphatic heterocycles. The van der Waals surface area contributed by atoms with E-state index in [-0.39, 0.29) is 5.91 Å². The molecule has 1 heterocycles. The van der Waals surface area contributed by atoms with Gasteiger partial charge in [-0.2, -0.15) is 0 Å². The minimum atomic E-state index is 0.172. The molecular weight excluding hydrogens is 333 g/mol. The second-order valence-corrected chi connectivity index (χ2v) is 7.28. The quantitative estimate of drug-likeness (QED) is 0.764. The van der Waals surface area contributed by atoms with E-state index in [1.165, 1.54) is 28.6 Å². The topological polar surface area (TPSA) is 20.3 Å². The lowest BCUT2D eigenvalue weighted by atomic mass is 10.1. The number of rotatable bonds is 3. The molecule has 0 atom stereocenters. The van der Waals surface area contributed by atoms with Gasteiger partial charge in [0.05, 0.1) is 8.45 Å². The lowest BCUT2D eigenvalue weighted by Crippen LogP contribution is -2.30. The van der Waals surface area contributed by atoms with Crippen molar-refractivity contribution in [3.63, 3.8) is 0 Å². The molecule has 1 saturated carbocycles. The van der Waals surface area contributed by atoms with E-state index in [4.69, 9.17) is 0 Å². The summed E-state index contributed by atoms with van der Waals surface area (Å²) >= 11 is 3.89. The molecule has 2 nitrogen and oxygen atoms in total. The van der Waals surface area contributed by atoms with E-state index in [9.17, 15) is 4.79 Å². The number of nitrogens with zero attached hydrogens (tertiary/aromatic N) is 1. The summed E-state index contributed by atoms with van der Waals surface area (Å²) in [5.74, 6) is 0.901. The summed E-state index contributed by atoms with van der Waals surface area (Å²) < 4.78 is 1.18. The van der Waals surface area contributed by atoms with Crippen LogP contribution in [0.1, 0.15) is 36.0 Å².